The van der Waals surface area contributed by atoms with E-state index in [9.17, 15) is 4.79 Å². The highest BCUT2D eigenvalue weighted by atomic mass is 79.9. The van der Waals surface area contributed by atoms with Crippen LogP contribution in [0.5, 0.6) is 5.75 Å². The molecule has 0 fully saturated rings. The molecule has 0 radical (unpaired) electrons. The molecule has 0 aliphatic carbocycles. The van der Waals surface area contributed by atoms with Crippen LogP contribution in [0.4, 0.5) is 0 Å². The van der Waals surface area contributed by atoms with Crippen molar-refractivity contribution in [1.82, 2.24) is 0 Å². The SMILES string of the molecule is CCCOc1ccc(/C=C/C(=O)CCl)cc1Br. The number of alkyl halides is 1. The molecular formula is C13H14BrClO2. The molecule has 1 aromatic carbocycles. The van der Waals surface area contributed by atoms with Crippen LogP contribution in [-0.2, 0) is 4.79 Å². The number of benzene rings is 1. The summed E-state index contributed by atoms with van der Waals surface area (Å²) >= 11 is 8.83. The molecule has 0 N–H and O–H groups in total. The first kappa shape index (κ1) is 14.3. The number of carbonyl (C=O) groups is 1. The lowest BCUT2D eigenvalue weighted by Gasteiger charge is -2.07. The summed E-state index contributed by atoms with van der Waals surface area (Å²) in [5.74, 6) is 0.719. The molecule has 2 nitrogen and oxygen atoms in total. The molecule has 1 aromatic rings. The second-order valence-electron chi connectivity index (χ2n) is 3.47. The summed E-state index contributed by atoms with van der Waals surface area (Å²) in [6.07, 6.45) is 4.18. The molecular weight excluding hydrogens is 303 g/mol. The van der Waals surface area contributed by atoms with Crippen molar-refractivity contribution in [1.29, 1.82) is 0 Å². The number of hydrogen-bond donors (Lipinski definition) is 0. The lowest BCUT2D eigenvalue weighted by atomic mass is 10.2. The Kier molecular flexibility index (Phi) is 6.30. The number of hydrogen-bond acceptors (Lipinski definition) is 2. The van der Waals surface area contributed by atoms with Gasteiger partial charge in [0.05, 0.1) is 17.0 Å². The van der Waals surface area contributed by atoms with Gasteiger partial charge in [-0.25, -0.2) is 0 Å². The zero-order chi connectivity index (χ0) is 12.7. The van der Waals surface area contributed by atoms with Gasteiger partial charge in [0.2, 0.25) is 0 Å². The Hall–Kier alpha value is -0.800. The van der Waals surface area contributed by atoms with Crippen LogP contribution in [0.1, 0.15) is 18.9 Å². The monoisotopic (exact) mass is 316 g/mol. The van der Waals surface area contributed by atoms with Crippen LogP contribution >= 0.6 is 27.5 Å². The van der Waals surface area contributed by atoms with Gasteiger partial charge >= 0.3 is 0 Å². The Bertz CT molecular complexity index is 416. The number of carbonyl (C=O) groups excluding carboxylic acids is 1. The summed E-state index contributed by atoms with van der Waals surface area (Å²) in [7, 11) is 0. The van der Waals surface area contributed by atoms with E-state index in [0.717, 1.165) is 22.2 Å². The molecule has 17 heavy (non-hydrogen) atoms. The minimum absolute atomic E-state index is 0.00929. The van der Waals surface area contributed by atoms with Crippen molar-refractivity contribution in [3.8, 4) is 5.75 Å². The molecule has 0 spiro atoms. The quantitative estimate of drug-likeness (QED) is 0.584. The van der Waals surface area contributed by atoms with Crippen molar-refractivity contribution in [2.45, 2.75) is 13.3 Å². The van der Waals surface area contributed by atoms with Crippen LogP contribution in [0.25, 0.3) is 6.08 Å². The molecule has 92 valence electrons. The largest absolute Gasteiger partial charge is 0.492 e. The summed E-state index contributed by atoms with van der Waals surface area (Å²) in [5.41, 5.74) is 0.930. The maximum atomic E-state index is 11.0. The van der Waals surface area contributed by atoms with Gasteiger partial charge in [0, 0.05) is 0 Å². The topological polar surface area (TPSA) is 26.3 Å². The van der Waals surface area contributed by atoms with E-state index in [1.165, 1.54) is 6.08 Å². The zero-order valence-corrected chi connectivity index (χ0v) is 11.9. The third kappa shape index (κ3) is 4.92. The normalized spacial score (nSPS) is 10.8. The van der Waals surface area contributed by atoms with Crippen LogP contribution in [0.15, 0.2) is 28.7 Å². The predicted molar refractivity (Wildman–Crippen MR) is 74.7 cm³/mol. The van der Waals surface area contributed by atoms with Gasteiger partial charge in [-0.3, -0.25) is 4.79 Å². The number of ether oxygens (including phenoxy) is 1. The van der Waals surface area contributed by atoms with Crippen LogP contribution in [0, 0.1) is 0 Å². The first-order valence-electron chi connectivity index (χ1n) is 5.36. The van der Waals surface area contributed by atoms with Crippen molar-refractivity contribution in [2.24, 2.45) is 0 Å². The van der Waals surface area contributed by atoms with E-state index in [1.54, 1.807) is 6.08 Å². The fourth-order valence-electron chi connectivity index (χ4n) is 1.18. The van der Waals surface area contributed by atoms with E-state index in [0.29, 0.717) is 6.61 Å². The predicted octanol–water partition coefficient (Wildman–Crippen LogP) is 4.06. The molecule has 0 aromatic heterocycles. The second-order valence-corrected chi connectivity index (χ2v) is 4.59. The van der Waals surface area contributed by atoms with Crippen molar-refractivity contribution in [3.63, 3.8) is 0 Å². The summed E-state index contributed by atoms with van der Waals surface area (Å²) in [6, 6.07) is 5.68. The Morgan fingerprint density at radius 3 is 2.88 bits per heavy atom. The minimum Gasteiger partial charge on any atom is -0.492 e. The minimum atomic E-state index is -0.103. The number of ketones is 1. The number of halogens is 2. The summed E-state index contributed by atoms with van der Waals surface area (Å²) < 4.78 is 6.41. The number of rotatable bonds is 6. The molecule has 4 heteroatoms. The van der Waals surface area contributed by atoms with E-state index < -0.39 is 0 Å². The smallest absolute Gasteiger partial charge is 0.170 e. The molecule has 0 saturated heterocycles. The Morgan fingerprint density at radius 2 is 2.29 bits per heavy atom. The maximum Gasteiger partial charge on any atom is 0.170 e. The molecule has 0 heterocycles. The summed E-state index contributed by atoms with van der Waals surface area (Å²) in [5, 5.41) is 0. The lowest BCUT2D eigenvalue weighted by Crippen LogP contribution is -1.96. The van der Waals surface area contributed by atoms with Gasteiger partial charge in [0.1, 0.15) is 5.75 Å². The standard InChI is InChI=1S/C13H14BrClO2/c1-2-7-17-13-6-4-10(8-12(13)14)3-5-11(16)9-15/h3-6,8H,2,7,9H2,1H3/b5-3+. The highest BCUT2D eigenvalue weighted by Crippen LogP contribution is 2.26. The molecule has 0 unspecified atom stereocenters. The molecule has 1 rings (SSSR count). The van der Waals surface area contributed by atoms with Crippen LogP contribution in [-0.4, -0.2) is 18.3 Å². The van der Waals surface area contributed by atoms with Crippen molar-refractivity contribution in [2.75, 3.05) is 12.5 Å². The molecule has 0 bridgehead atoms. The maximum absolute atomic E-state index is 11.0. The zero-order valence-electron chi connectivity index (χ0n) is 9.58. The molecule has 0 aliphatic heterocycles. The Balaban J connectivity index is 2.74. The Labute approximate surface area is 115 Å². The van der Waals surface area contributed by atoms with Crippen LogP contribution < -0.4 is 4.74 Å². The first-order chi connectivity index (χ1) is 8.17. The third-order valence-electron chi connectivity index (χ3n) is 2.01. The van der Waals surface area contributed by atoms with E-state index in [1.807, 2.05) is 18.2 Å². The second kappa shape index (κ2) is 7.51. The highest BCUT2D eigenvalue weighted by Gasteiger charge is 2.01. The molecule has 0 atom stereocenters. The fraction of sp³-hybridized carbons (Fsp3) is 0.308. The van der Waals surface area contributed by atoms with Gasteiger partial charge in [0.15, 0.2) is 5.78 Å². The van der Waals surface area contributed by atoms with Crippen molar-refractivity contribution >= 4 is 39.4 Å². The van der Waals surface area contributed by atoms with Gasteiger partial charge < -0.3 is 4.74 Å². The lowest BCUT2D eigenvalue weighted by molar-refractivity contribution is -0.112. The summed E-state index contributed by atoms with van der Waals surface area (Å²) in [6.45, 7) is 2.75. The Morgan fingerprint density at radius 1 is 1.53 bits per heavy atom. The van der Waals surface area contributed by atoms with Crippen LogP contribution in [0.2, 0.25) is 0 Å². The average molecular weight is 318 g/mol. The third-order valence-corrected chi connectivity index (χ3v) is 2.89. The molecule has 0 saturated carbocycles. The van der Waals surface area contributed by atoms with Gasteiger partial charge in [0.25, 0.3) is 0 Å². The fourth-order valence-corrected chi connectivity index (χ4v) is 1.78. The van der Waals surface area contributed by atoms with Gasteiger partial charge in [-0.05, 0) is 46.1 Å². The van der Waals surface area contributed by atoms with Crippen molar-refractivity contribution in [3.05, 3.63) is 34.3 Å². The van der Waals surface area contributed by atoms with E-state index in [-0.39, 0.29) is 11.7 Å². The van der Waals surface area contributed by atoms with Gasteiger partial charge in [-0.15, -0.1) is 11.6 Å². The first-order valence-corrected chi connectivity index (χ1v) is 6.69. The van der Waals surface area contributed by atoms with E-state index in [2.05, 4.69) is 22.9 Å². The van der Waals surface area contributed by atoms with Crippen molar-refractivity contribution < 1.29 is 9.53 Å². The van der Waals surface area contributed by atoms with E-state index >= 15 is 0 Å². The van der Waals surface area contributed by atoms with E-state index in [4.69, 9.17) is 16.3 Å². The average Bonchev–Trinajstić information content (AvgIpc) is 2.34. The molecule has 0 amide bonds. The summed E-state index contributed by atoms with van der Waals surface area (Å²) in [4.78, 5) is 11.0. The van der Waals surface area contributed by atoms with Gasteiger partial charge in [-0.2, -0.15) is 0 Å². The van der Waals surface area contributed by atoms with Gasteiger partial charge in [-0.1, -0.05) is 19.1 Å². The van der Waals surface area contributed by atoms with Crippen LogP contribution in [0.3, 0.4) is 0 Å². The number of allylic oxidation sites excluding steroid dienone is 1. The highest BCUT2D eigenvalue weighted by molar-refractivity contribution is 9.10. The molecule has 0 aliphatic rings.